The average Bonchev–Trinajstić information content (AvgIpc) is 3.33. The number of carbonyl (C=O) groups excluding carboxylic acids is 2. The van der Waals surface area contributed by atoms with Gasteiger partial charge in [-0.1, -0.05) is 48.0 Å². The Morgan fingerprint density at radius 2 is 1.77 bits per heavy atom. The van der Waals surface area contributed by atoms with Gasteiger partial charge in [0.1, 0.15) is 10.6 Å². The van der Waals surface area contributed by atoms with Gasteiger partial charge in [-0.05, 0) is 36.9 Å². The first kappa shape index (κ1) is 20.9. The van der Waals surface area contributed by atoms with Crippen LogP contribution in [0.5, 0.6) is 0 Å². The van der Waals surface area contributed by atoms with E-state index in [4.69, 9.17) is 4.74 Å². The fourth-order valence-corrected chi connectivity index (χ4v) is 4.82. The van der Waals surface area contributed by atoms with Gasteiger partial charge >= 0.3 is 5.97 Å². The zero-order valence-electron chi connectivity index (χ0n) is 17.8. The molecule has 2 aromatic heterocycles. The molecule has 2 heterocycles. The number of anilines is 1. The van der Waals surface area contributed by atoms with Gasteiger partial charge in [-0.15, -0.1) is 11.3 Å². The highest BCUT2D eigenvalue weighted by atomic mass is 32.1. The summed E-state index contributed by atoms with van der Waals surface area (Å²) in [4.78, 5) is 26.3. The van der Waals surface area contributed by atoms with Crippen molar-refractivity contribution in [2.24, 2.45) is 0 Å². The van der Waals surface area contributed by atoms with E-state index < -0.39 is 5.97 Å². The molecule has 0 aliphatic carbocycles. The number of esters is 1. The predicted octanol–water partition coefficient (Wildman–Crippen LogP) is 5.80. The maximum absolute atomic E-state index is 12.7. The highest BCUT2D eigenvalue weighted by Gasteiger charge is 2.25. The van der Waals surface area contributed by atoms with E-state index in [9.17, 15) is 9.59 Å². The van der Waals surface area contributed by atoms with Gasteiger partial charge in [0.25, 0.3) is 0 Å². The summed E-state index contributed by atoms with van der Waals surface area (Å²) >= 11 is 1.40. The normalized spacial score (nSPS) is 10.9. The van der Waals surface area contributed by atoms with Gasteiger partial charge in [0.15, 0.2) is 0 Å². The minimum Gasteiger partial charge on any atom is -0.465 e. The second-order valence-electron chi connectivity index (χ2n) is 7.46. The van der Waals surface area contributed by atoms with Crippen LogP contribution in [0, 0.1) is 13.8 Å². The number of aromatic nitrogens is 1. The van der Waals surface area contributed by atoms with E-state index in [1.54, 1.807) is 0 Å². The Morgan fingerprint density at radius 3 is 2.52 bits per heavy atom. The van der Waals surface area contributed by atoms with Crippen molar-refractivity contribution >= 4 is 39.1 Å². The van der Waals surface area contributed by atoms with E-state index in [-0.39, 0.29) is 5.91 Å². The lowest BCUT2D eigenvalue weighted by Gasteiger charge is -2.09. The van der Waals surface area contributed by atoms with Crippen molar-refractivity contribution in [3.63, 3.8) is 0 Å². The van der Waals surface area contributed by atoms with Crippen LogP contribution in [0.15, 0.2) is 60.8 Å². The number of hydrogen-bond acceptors (Lipinski definition) is 4. The summed E-state index contributed by atoms with van der Waals surface area (Å²) in [5.41, 5.74) is 4.39. The minimum atomic E-state index is -0.452. The quantitative estimate of drug-likeness (QED) is 0.392. The molecule has 0 unspecified atom stereocenters. The first-order chi connectivity index (χ1) is 15.0. The van der Waals surface area contributed by atoms with Crippen molar-refractivity contribution < 1.29 is 14.3 Å². The molecule has 5 nitrogen and oxygen atoms in total. The highest BCUT2D eigenvalue weighted by molar-refractivity contribution is 7.17. The Hall–Kier alpha value is -3.38. The van der Waals surface area contributed by atoms with E-state index in [2.05, 4.69) is 16.0 Å². The van der Waals surface area contributed by atoms with Crippen LogP contribution >= 0.6 is 11.3 Å². The molecule has 1 N–H and O–H groups in total. The minimum absolute atomic E-state index is 0.139. The van der Waals surface area contributed by atoms with Gasteiger partial charge < -0.3 is 14.6 Å². The second kappa shape index (κ2) is 8.78. The summed E-state index contributed by atoms with van der Waals surface area (Å²) in [6, 6.07) is 18.1. The van der Waals surface area contributed by atoms with Crippen LogP contribution < -0.4 is 5.32 Å². The lowest BCUT2D eigenvalue weighted by molar-refractivity contribution is -0.116. The lowest BCUT2D eigenvalue weighted by Crippen LogP contribution is -2.16. The van der Waals surface area contributed by atoms with E-state index in [1.165, 1.54) is 18.4 Å². The summed E-state index contributed by atoms with van der Waals surface area (Å²) in [5, 5.41) is 4.62. The molecule has 0 atom stereocenters. The average molecular weight is 433 g/mol. The molecule has 0 bridgehead atoms. The third-order valence-corrected chi connectivity index (χ3v) is 6.35. The van der Waals surface area contributed by atoms with Crippen molar-refractivity contribution in [3.8, 4) is 11.1 Å². The number of methoxy groups -OCH3 is 1. The Morgan fingerprint density at radius 1 is 1.03 bits per heavy atom. The number of rotatable bonds is 6. The number of benzene rings is 2. The molecule has 158 valence electrons. The monoisotopic (exact) mass is 432 g/mol. The number of nitrogens with zero attached hydrogens (tertiary/aromatic N) is 1. The van der Waals surface area contributed by atoms with Crippen LogP contribution in [0.1, 0.15) is 27.2 Å². The molecule has 0 saturated carbocycles. The van der Waals surface area contributed by atoms with Crippen molar-refractivity contribution in [1.82, 2.24) is 4.57 Å². The first-order valence-electron chi connectivity index (χ1n) is 10.1. The van der Waals surface area contributed by atoms with Crippen molar-refractivity contribution in [3.05, 3.63) is 76.8 Å². The smallest absolute Gasteiger partial charge is 0.341 e. The molecule has 4 aromatic rings. The number of hydrogen-bond donors (Lipinski definition) is 1. The fraction of sp³-hybridized carbons (Fsp3) is 0.200. The number of thiophene rings is 1. The number of nitrogens with one attached hydrogen (secondary N) is 1. The molecule has 0 radical (unpaired) electrons. The maximum atomic E-state index is 12.7. The number of ether oxygens (including phenoxy) is 1. The SMILES string of the molecule is COC(=O)c1c(NC(=O)CCn2ccc3ccccc32)sc(C)c1-c1ccc(C)cc1. The van der Waals surface area contributed by atoms with Crippen molar-refractivity contribution in [2.75, 3.05) is 12.4 Å². The second-order valence-corrected chi connectivity index (χ2v) is 8.69. The number of amides is 1. The molecule has 2 aromatic carbocycles. The molecular weight excluding hydrogens is 408 g/mol. The van der Waals surface area contributed by atoms with Gasteiger partial charge in [-0.2, -0.15) is 0 Å². The molecule has 1 amide bonds. The van der Waals surface area contributed by atoms with Gasteiger partial charge in [0.05, 0.1) is 7.11 Å². The van der Waals surface area contributed by atoms with Gasteiger partial charge in [0.2, 0.25) is 5.91 Å². The molecule has 0 saturated heterocycles. The van der Waals surface area contributed by atoms with E-state index in [1.807, 2.05) is 68.6 Å². The van der Waals surface area contributed by atoms with E-state index in [0.29, 0.717) is 23.5 Å². The zero-order chi connectivity index (χ0) is 22.0. The molecule has 0 aliphatic rings. The number of aryl methyl sites for hydroxylation is 3. The molecule has 0 spiro atoms. The van der Waals surface area contributed by atoms with Crippen LogP contribution in [0.4, 0.5) is 5.00 Å². The molecule has 6 heteroatoms. The largest absolute Gasteiger partial charge is 0.465 e. The third-order valence-electron chi connectivity index (χ3n) is 5.33. The lowest BCUT2D eigenvalue weighted by atomic mass is 10.0. The zero-order valence-corrected chi connectivity index (χ0v) is 18.6. The van der Waals surface area contributed by atoms with Crippen molar-refractivity contribution in [1.29, 1.82) is 0 Å². The summed E-state index contributed by atoms with van der Waals surface area (Å²) in [5.74, 6) is -0.591. The van der Waals surface area contributed by atoms with Crippen LogP contribution in [0.3, 0.4) is 0 Å². The first-order valence-corrected chi connectivity index (χ1v) is 10.9. The van der Waals surface area contributed by atoms with Gasteiger partial charge in [0, 0.05) is 35.1 Å². The van der Waals surface area contributed by atoms with Gasteiger partial charge in [-0.25, -0.2) is 4.79 Å². The summed E-state index contributed by atoms with van der Waals surface area (Å²) < 4.78 is 7.10. The number of fused-ring (bicyclic) bond motifs is 1. The Balaban J connectivity index is 1.57. The molecule has 31 heavy (non-hydrogen) atoms. The summed E-state index contributed by atoms with van der Waals surface area (Å²) in [7, 11) is 1.36. The van der Waals surface area contributed by atoms with E-state index in [0.717, 1.165) is 32.5 Å². The van der Waals surface area contributed by atoms with Crippen LogP contribution in [0.2, 0.25) is 0 Å². The van der Waals surface area contributed by atoms with E-state index >= 15 is 0 Å². The fourth-order valence-electron chi connectivity index (χ4n) is 3.74. The van der Waals surface area contributed by atoms with Crippen LogP contribution in [-0.4, -0.2) is 23.6 Å². The molecule has 4 rings (SSSR count). The standard InChI is InChI=1S/C25H24N2O3S/c1-16-8-10-19(11-9-16)22-17(2)31-24(23(22)25(29)30-3)26-21(28)13-15-27-14-12-18-6-4-5-7-20(18)27/h4-12,14H,13,15H2,1-3H3,(H,26,28). The van der Waals surface area contributed by atoms with Crippen LogP contribution in [-0.2, 0) is 16.1 Å². The Bertz CT molecular complexity index is 1250. The summed E-state index contributed by atoms with van der Waals surface area (Å²) in [6.07, 6.45) is 2.29. The van der Waals surface area contributed by atoms with Gasteiger partial charge in [-0.3, -0.25) is 4.79 Å². The highest BCUT2D eigenvalue weighted by Crippen LogP contribution is 2.40. The Labute approximate surface area is 185 Å². The predicted molar refractivity (Wildman–Crippen MR) is 126 cm³/mol. The van der Waals surface area contributed by atoms with Crippen molar-refractivity contribution in [2.45, 2.75) is 26.8 Å². The third kappa shape index (κ3) is 4.25. The maximum Gasteiger partial charge on any atom is 0.341 e. The molecule has 0 fully saturated rings. The number of para-hydroxylation sites is 1. The number of carbonyl (C=O) groups is 2. The van der Waals surface area contributed by atoms with Crippen LogP contribution in [0.25, 0.3) is 22.0 Å². The molecule has 0 aliphatic heterocycles. The summed E-state index contributed by atoms with van der Waals surface area (Å²) in [6.45, 7) is 4.53. The topological polar surface area (TPSA) is 60.3 Å². The molecular formula is C25H24N2O3S. The Kier molecular flexibility index (Phi) is 5.91.